The van der Waals surface area contributed by atoms with Gasteiger partial charge in [0.25, 0.3) is 5.91 Å². The zero-order chi connectivity index (χ0) is 13.1. The van der Waals surface area contributed by atoms with E-state index in [1.54, 1.807) is 0 Å². The lowest BCUT2D eigenvalue weighted by Gasteiger charge is -2.21. The van der Waals surface area contributed by atoms with Crippen molar-refractivity contribution in [3.05, 3.63) is 29.3 Å². The normalized spacial score (nSPS) is 17.7. The molecule has 3 nitrogen and oxygen atoms in total. The van der Waals surface area contributed by atoms with Gasteiger partial charge in [0.15, 0.2) is 0 Å². The third-order valence-corrected chi connectivity index (χ3v) is 4.09. The molecule has 0 heterocycles. The molecule has 0 unspecified atom stereocenters. The first-order chi connectivity index (χ1) is 8.59. The summed E-state index contributed by atoms with van der Waals surface area (Å²) < 4.78 is 0. The van der Waals surface area contributed by atoms with Crippen molar-refractivity contribution >= 4 is 11.6 Å². The molecule has 0 radical (unpaired) electrons. The van der Waals surface area contributed by atoms with Gasteiger partial charge in [0.2, 0.25) is 0 Å². The number of amides is 1. The molecule has 3 N–H and O–H groups in total. The molecule has 1 aliphatic carbocycles. The molecule has 1 aromatic rings. The van der Waals surface area contributed by atoms with E-state index in [9.17, 15) is 4.79 Å². The van der Waals surface area contributed by atoms with Crippen molar-refractivity contribution in [3.63, 3.8) is 0 Å². The number of nitrogen functional groups attached to an aromatic ring is 1. The number of nitrogens with two attached hydrogens (primary N) is 1. The zero-order valence-electron chi connectivity index (χ0n) is 11.2. The van der Waals surface area contributed by atoms with E-state index in [0.717, 1.165) is 5.56 Å². The maximum Gasteiger partial charge on any atom is 0.251 e. The molecular formula is C15H22N2O. The van der Waals surface area contributed by atoms with Crippen molar-refractivity contribution in [2.75, 3.05) is 5.73 Å². The smallest absolute Gasteiger partial charge is 0.251 e. The third-order valence-electron chi connectivity index (χ3n) is 4.09. The second-order valence-corrected chi connectivity index (χ2v) is 5.33. The number of nitrogens with one attached hydrogen (secondary N) is 1. The van der Waals surface area contributed by atoms with Gasteiger partial charge >= 0.3 is 0 Å². The number of carbonyl (C=O) groups excluding carboxylic acids is 1. The summed E-state index contributed by atoms with van der Waals surface area (Å²) in [4.78, 5) is 12.2. The van der Waals surface area contributed by atoms with Crippen LogP contribution in [0.5, 0.6) is 0 Å². The first-order valence-electron chi connectivity index (χ1n) is 6.75. The fraction of sp³-hybridized carbons (Fsp3) is 0.533. The summed E-state index contributed by atoms with van der Waals surface area (Å²) in [5.41, 5.74) is 8.07. The van der Waals surface area contributed by atoms with Gasteiger partial charge in [-0.2, -0.15) is 0 Å². The van der Waals surface area contributed by atoms with E-state index < -0.39 is 0 Å². The highest BCUT2D eigenvalue weighted by Crippen LogP contribution is 2.27. The predicted octanol–water partition coefficient (Wildman–Crippen LogP) is 2.89. The summed E-state index contributed by atoms with van der Waals surface area (Å²) in [5, 5.41) is 3.11. The van der Waals surface area contributed by atoms with Crippen LogP contribution < -0.4 is 11.1 Å². The van der Waals surface area contributed by atoms with E-state index in [1.165, 1.54) is 25.7 Å². The number of rotatable bonds is 3. The Morgan fingerprint density at radius 1 is 1.39 bits per heavy atom. The van der Waals surface area contributed by atoms with Gasteiger partial charge in [-0.1, -0.05) is 18.9 Å². The molecule has 1 aliphatic rings. The van der Waals surface area contributed by atoms with Crippen molar-refractivity contribution in [2.24, 2.45) is 5.92 Å². The molecule has 1 fully saturated rings. The maximum absolute atomic E-state index is 12.2. The van der Waals surface area contributed by atoms with Crippen LogP contribution >= 0.6 is 0 Å². The lowest BCUT2D eigenvalue weighted by molar-refractivity contribution is 0.0926. The van der Waals surface area contributed by atoms with Crippen molar-refractivity contribution in [2.45, 2.75) is 45.6 Å². The van der Waals surface area contributed by atoms with Gasteiger partial charge in [0, 0.05) is 17.3 Å². The van der Waals surface area contributed by atoms with Crippen LogP contribution in [0.3, 0.4) is 0 Å². The number of benzene rings is 1. The van der Waals surface area contributed by atoms with Gasteiger partial charge in [0.05, 0.1) is 0 Å². The van der Waals surface area contributed by atoms with E-state index in [1.807, 2.05) is 25.1 Å². The van der Waals surface area contributed by atoms with Crippen LogP contribution in [-0.2, 0) is 0 Å². The first-order valence-corrected chi connectivity index (χ1v) is 6.75. The summed E-state index contributed by atoms with van der Waals surface area (Å²) in [7, 11) is 0. The van der Waals surface area contributed by atoms with Gasteiger partial charge in [0.1, 0.15) is 0 Å². The Kier molecular flexibility index (Phi) is 3.90. The van der Waals surface area contributed by atoms with Gasteiger partial charge in [-0.05, 0) is 50.3 Å². The van der Waals surface area contributed by atoms with Gasteiger partial charge < -0.3 is 11.1 Å². The molecule has 18 heavy (non-hydrogen) atoms. The predicted molar refractivity (Wildman–Crippen MR) is 74.5 cm³/mol. The highest BCUT2D eigenvalue weighted by molar-refractivity contribution is 5.97. The molecule has 1 saturated carbocycles. The Bertz CT molecular complexity index is 436. The topological polar surface area (TPSA) is 55.1 Å². The highest BCUT2D eigenvalue weighted by Gasteiger charge is 2.23. The molecule has 1 amide bonds. The molecule has 0 aromatic heterocycles. The molecule has 0 saturated heterocycles. The van der Waals surface area contributed by atoms with E-state index in [0.29, 0.717) is 17.2 Å². The van der Waals surface area contributed by atoms with Crippen LogP contribution in [0.15, 0.2) is 18.2 Å². The summed E-state index contributed by atoms with van der Waals surface area (Å²) in [6.07, 6.45) is 5.05. The summed E-state index contributed by atoms with van der Waals surface area (Å²) in [5.74, 6) is 0.634. The Morgan fingerprint density at radius 2 is 2.06 bits per heavy atom. The van der Waals surface area contributed by atoms with Gasteiger partial charge in [-0.25, -0.2) is 0 Å². The Morgan fingerprint density at radius 3 is 2.72 bits per heavy atom. The van der Waals surface area contributed by atoms with Crippen LogP contribution in [-0.4, -0.2) is 11.9 Å². The molecule has 0 spiro atoms. The van der Waals surface area contributed by atoms with Crippen molar-refractivity contribution < 1.29 is 4.79 Å². The molecule has 3 heteroatoms. The van der Waals surface area contributed by atoms with Gasteiger partial charge in [-0.15, -0.1) is 0 Å². The van der Waals surface area contributed by atoms with E-state index in [2.05, 4.69) is 12.2 Å². The lowest BCUT2D eigenvalue weighted by atomic mass is 9.99. The second-order valence-electron chi connectivity index (χ2n) is 5.33. The fourth-order valence-electron chi connectivity index (χ4n) is 2.76. The monoisotopic (exact) mass is 246 g/mol. The fourth-order valence-corrected chi connectivity index (χ4v) is 2.76. The van der Waals surface area contributed by atoms with Crippen LogP contribution in [0.2, 0.25) is 0 Å². The Balaban J connectivity index is 2.05. The Labute approximate surface area is 109 Å². The van der Waals surface area contributed by atoms with Crippen LogP contribution in [0, 0.1) is 12.8 Å². The van der Waals surface area contributed by atoms with Crippen LogP contribution in [0.1, 0.15) is 48.5 Å². The minimum atomic E-state index is -0.000741. The standard InChI is InChI=1S/C15H22N2O/c1-10-13(8-5-9-14(10)16)15(18)17-11(2)12-6-3-4-7-12/h5,8-9,11-12H,3-4,6-7,16H2,1-2H3,(H,17,18)/t11-/m1/s1. The first kappa shape index (κ1) is 12.9. The average Bonchev–Trinajstić information content (AvgIpc) is 2.86. The molecular weight excluding hydrogens is 224 g/mol. The average molecular weight is 246 g/mol. The van der Waals surface area contributed by atoms with E-state index >= 15 is 0 Å². The summed E-state index contributed by atoms with van der Waals surface area (Å²) in [6, 6.07) is 5.74. The maximum atomic E-state index is 12.2. The third kappa shape index (κ3) is 2.66. The van der Waals surface area contributed by atoms with Gasteiger partial charge in [-0.3, -0.25) is 4.79 Å². The molecule has 1 aromatic carbocycles. The number of anilines is 1. The lowest BCUT2D eigenvalue weighted by Crippen LogP contribution is -2.37. The van der Waals surface area contributed by atoms with E-state index in [4.69, 9.17) is 5.73 Å². The largest absolute Gasteiger partial charge is 0.398 e. The summed E-state index contributed by atoms with van der Waals surface area (Å²) >= 11 is 0. The number of hydrogen-bond acceptors (Lipinski definition) is 2. The molecule has 2 rings (SSSR count). The van der Waals surface area contributed by atoms with Crippen LogP contribution in [0.4, 0.5) is 5.69 Å². The zero-order valence-corrected chi connectivity index (χ0v) is 11.2. The van der Waals surface area contributed by atoms with Crippen molar-refractivity contribution in [3.8, 4) is 0 Å². The quantitative estimate of drug-likeness (QED) is 0.806. The minimum Gasteiger partial charge on any atom is -0.398 e. The van der Waals surface area contributed by atoms with E-state index in [-0.39, 0.29) is 11.9 Å². The van der Waals surface area contributed by atoms with Crippen molar-refractivity contribution in [1.82, 2.24) is 5.32 Å². The molecule has 1 atom stereocenters. The minimum absolute atomic E-state index is 0.000741. The number of carbonyl (C=O) groups is 1. The SMILES string of the molecule is Cc1c(N)cccc1C(=O)N[C@H](C)C1CCCC1. The molecule has 0 bridgehead atoms. The molecule has 98 valence electrons. The highest BCUT2D eigenvalue weighted by atomic mass is 16.1. The molecule has 0 aliphatic heterocycles. The second kappa shape index (κ2) is 5.42. The van der Waals surface area contributed by atoms with Crippen molar-refractivity contribution in [1.29, 1.82) is 0 Å². The Hall–Kier alpha value is -1.51. The van der Waals surface area contributed by atoms with Crippen LogP contribution in [0.25, 0.3) is 0 Å². The number of hydrogen-bond donors (Lipinski definition) is 2. The summed E-state index contributed by atoms with van der Waals surface area (Å²) in [6.45, 7) is 4.00.